The number of aromatic nitrogens is 3. The fourth-order valence-electron chi connectivity index (χ4n) is 3.54. The minimum Gasteiger partial charge on any atom is -0.490 e. The molecule has 0 bridgehead atoms. The van der Waals surface area contributed by atoms with Crippen LogP contribution in [-0.4, -0.2) is 21.2 Å². The second-order valence-electron chi connectivity index (χ2n) is 7.74. The Morgan fingerprint density at radius 1 is 0.886 bits per heavy atom. The first-order valence-corrected chi connectivity index (χ1v) is 12.1. The molecule has 6 nitrogen and oxygen atoms in total. The first-order valence-electron chi connectivity index (χ1n) is 11.3. The van der Waals surface area contributed by atoms with Crippen LogP contribution in [0.4, 0.5) is 0 Å². The Hall–Kier alpha value is -4.23. The zero-order valence-corrected chi connectivity index (χ0v) is 19.9. The van der Waals surface area contributed by atoms with Crippen LogP contribution in [0.5, 0.6) is 11.5 Å². The van der Waals surface area contributed by atoms with E-state index < -0.39 is 0 Å². The van der Waals surface area contributed by atoms with E-state index in [0.29, 0.717) is 40.0 Å². The van der Waals surface area contributed by atoms with Gasteiger partial charge in [-0.2, -0.15) is 9.50 Å². The van der Waals surface area contributed by atoms with Crippen molar-refractivity contribution in [3.8, 4) is 11.5 Å². The Morgan fingerprint density at radius 3 is 2.40 bits per heavy atom. The number of nitrogens with zero attached hydrogens (tertiary/aromatic N) is 3. The zero-order chi connectivity index (χ0) is 24.0. The van der Waals surface area contributed by atoms with Crippen LogP contribution in [0.1, 0.15) is 29.4 Å². The molecule has 0 atom stereocenters. The van der Waals surface area contributed by atoms with Gasteiger partial charge >= 0.3 is 0 Å². The highest BCUT2D eigenvalue weighted by molar-refractivity contribution is 7.15. The first-order chi connectivity index (χ1) is 17.2. The van der Waals surface area contributed by atoms with Gasteiger partial charge in [0.1, 0.15) is 6.61 Å². The van der Waals surface area contributed by atoms with Gasteiger partial charge in [-0.25, -0.2) is 0 Å². The molecule has 7 heteroatoms. The largest absolute Gasteiger partial charge is 0.490 e. The minimum atomic E-state index is -0.195. The molecule has 0 amide bonds. The van der Waals surface area contributed by atoms with E-state index in [9.17, 15) is 4.79 Å². The van der Waals surface area contributed by atoms with Crippen LogP contribution in [0.2, 0.25) is 0 Å². The molecule has 0 radical (unpaired) electrons. The molecule has 35 heavy (non-hydrogen) atoms. The van der Waals surface area contributed by atoms with Crippen molar-refractivity contribution in [1.29, 1.82) is 0 Å². The summed E-state index contributed by atoms with van der Waals surface area (Å²) in [6, 6.07) is 25.5. The fraction of sp³-hybridized carbons (Fsp3) is 0.107. The van der Waals surface area contributed by atoms with Gasteiger partial charge in [0.25, 0.3) is 5.56 Å². The van der Waals surface area contributed by atoms with Gasteiger partial charge in [-0.05, 0) is 47.9 Å². The molecule has 0 fully saturated rings. The SMILES string of the molecule is CCOc1cc(/C=c2\sc3nc(/C=C/c4ccccc4)nn3c2=O)ccc1OCc1ccccc1. The van der Waals surface area contributed by atoms with E-state index in [-0.39, 0.29) is 5.56 Å². The van der Waals surface area contributed by atoms with Crippen molar-refractivity contribution in [3.63, 3.8) is 0 Å². The third-order valence-electron chi connectivity index (χ3n) is 5.23. The molecule has 0 aliphatic heterocycles. The molecule has 0 aliphatic carbocycles. The highest BCUT2D eigenvalue weighted by atomic mass is 32.1. The maximum absolute atomic E-state index is 12.9. The summed E-state index contributed by atoms with van der Waals surface area (Å²) in [5.41, 5.74) is 2.77. The molecule has 5 rings (SSSR count). The Bertz CT molecular complexity index is 1570. The summed E-state index contributed by atoms with van der Waals surface area (Å²) in [4.78, 5) is 18.0. The summed E-state index contributed by atoms with van der Waals surface area (Å²) >= 11 is 1.31. The van der Waals surface area contributed by atoms with Crippen molar-refractivity contribution in [2.24, 2.45) is 0 Å². The van der Waals surface area contributed by atoms with Crippen LogP contribution >= 0.6 is 11.3 Å². The number of hydrogen-bond acceptors (Lipinski definition) is 6. The van der Waals surface area contributed by atoms with E-state index in [1.54, 1.807) is 6.08 Å². The van der Waals surface area contributed by atoms with Crippen molar-refractivity contribution in [3.05, 3.63) is 116 Å². The lowest BCUT2D eigenvalue weighted by Crippen LogP contribution is -2.23. The molecule has 3 aromatic carbocycles. The Kier molecular flexibility index (Phi) is 6.68. The lowest BCUT2D eigenvalue weighted by atomic mass is 10.2. The number of thiazole rings is 1. The predicted octanol–water partition coefficient (Wildman–Crippen LogP) is 4.85. The quantitative estimate of drug-likeness (QED) is 0.317. The van der Waals surface area contributed by atoms with E-state index in [0.717, 1.165) is 16.7 Å². The van der Waals surface area contributed by atoms with Gasteiger partial charge in [-0.15, -0.1) is 5.10 Å². The zero-order valence-electron chi connectivity index (χ0n) is 19.1. The third-order valence-corrected chi connectivity index (χ3v) is 6.18. The maximum atomic E-state index is 12.9. The van der Waals surface area contributed by atoms with E-state index in [1.807, 2.05) is 97.9 Å². The highest BCUT2D eigenvalue weighted by Crippen LogP contribution is 2.29. The number of fused-ring (bicyclic) bond motifs is 1. The van der Waals surface area contributed by atoms with E-state index >= 15 is 0 Å². The molecule has 0 saturated heterocycles. The summed E-state index contributed by atoms with van der Waals surface area (Å²) in [6.45, 7) is 2.88. The predicted molar refractivity (Wildman–Crippen MR) is 140 cm³/mol. The average Bonchev–Trinajstić information content (AvgIpc) is 3.42. The van der Waals surface area contributed by atoms with Gasteiger partial charge < -0.3 is 9.47 Å². The number of hydrogen-bond donors (Lipinski definition) is 0. The average molecular weight is 482 g/mol. The fourth-order valence-corrected chi connectivity index (χ4v) is 4.46. The molecular weight excluding hydrogens is 458 g/mol. The molecule has 174 valence electrons. The highest BCUT2D eigenvalue weighted by Gasteiger charge is 2.10. The topological polar surface area (TPSA) is 65.7 Å². The summed E-state index contributed by atoms with van der Waals surface area (Å²) in [6.07, 6.45) is 5.56. The van der Waals surface area contributed by atoms with Crippen LogP contribution in [0.25, 0.3) is 23.2 Å². The monoisotopic (exact) mass is 481 g/mol. The van der Waals surface area contributed by atoms with E-state index in [1.165, 1.54) is 15.9 Å². The molecule has 0 aliphatic rings. The maximum Gasteiger partial charge on any atom is 0.291 e. The van der Waals surface area contributed by atoms with Gasteiger partial charge in [-0.3, -0.25) is 4.79 Å². The smallest absolute Gasteiger partial charge is 0.291 e. The van der Waals surface area contributed by atoms with Crippen molar-refractivity contribution >= 4 is 34.5 Å². The van der Waals surface area contributed by atoms with Gasteiger partial charge in [-0.1, -0.05) is 84.1 Å². The van der Waals surface area contributed by atoms with Crippen molar-refractivity contribution in [2.45, 2.75) is 13.5 Å². The Balaban J connectivity index is 1.39. The lowest BCUT2D eigenvalue weighted by Gasteiger charge is -2.12. The van der Waals surface area contributed by atoms with Gasteiger partial charge in [0.05, 0.1) is 11.1 Å². The van der Waals surface area contributed by atoms with Gasteiger partial charge in [0.2, 0.25) is 4.96 Å². The van der Waals surface area contributed by atoms with Crippen molar-refractivity contribution in [2.75, 3.05) is 6.61 Å². The van der Waals surface area contributed by atoms with Gasteiger partial charge in [0, 0.05) is 0 Å². The molecule has 5 aromatic rings. The molecule has 2 aromatic heterocycles. The van der Waals surface area contributed by atoms with E-state index in [4.69, 9.17) is 9.47 Å². The number of ether oxygens (including phenoxy) is 2. The van der Waals surface area contributed by atoms with E-state index in [2.05, 4.69) is 10.1 Å². The van der Waals surface area contributed by atoms with Gasteiger partial charge in [0.15, 0.2) is 17.3 Å². The Morgan fingerprint density at radius 2 is 1.66 bits per heavy atom. The lowest BCUT2D eigenvalue weighted by molar-refractivity contribution is 0.269. The number of rotatable bonds is 8. The van der Waals surface area contributed by atoms with Crippen LogP contribution < -0.4 is 19.6 Å². The molecule has 0 spiro atoms. The molecule has 2 heterocycles. The molecule has 0 N–H and O–H groups in total. The van der Waals surface area contributed by atoms with Crippen molar-refractivity contribution in [1.82, 2.24) is 14.6 Å². The van der Waals surface area contributed by atoms with Crippen LogP contribution in [-0.2, 0) is 6.61 Å². The number of benzene rings is 3. The van der Waals surface area contributed by atoms with Crippen LogP contribution in [0.15, 0.2) is 83.7 Å². The summed E-state index contributed by atoms with van der Waals surface area (Å²) < 4.78 is 13.7. The van der Waals surface area contributed by atoms with Crippen molar-refractivity contribution < 1.29 is 9.47 Å². The molecule has 0 saturated carbocycles. The van der Waals surface area contributed by atoms with Crippen LogP contribution in [0.3, 0.4) is 0 Å². The summed E-state index contributed by atoms with van der Waals surface area (Å²) in [5.74, 6) is 1.80. The standard InChI is InChI=1S/C28H23N3O3S/c1-2-33-24-17-22(13-15-23(24)34-19-21-11-7-4-8-12-21)18-25-27(32)31-28(35-25)29-26(30-31)16-14-20-9-5-3-6-10-20/h3-18H,2,19H2,1H3/b16-14+,25-18-. The molecular formula is C28H23N3O3S. The minimum absolute atomic E-state index is 0.195. The summed E-state index contributed by atoms with van der Waals surface area (Å²) in [7, 11) is 0. The molecule has 0 unspecified atom stereocenters. The second-order valence-corrected chi connectivity index (χ2v) is 8.75. The summed E-state index contributed by atoms with van der Waals surface area (Å²) in [5, 5.41) is 4.36. The third kappa shape index (κ3) is 5.31. The first kappa shape index (κ1) is 22.6. The Labute approximate surface area is 206 Å². The second kappa shape index (κ2) is 10.4. The normalized spacial score (nSPS) is 12.0. The van der Waals surface area contributed by atoms with Crippen LogP contribution in [0, 0.1) is 0 Å².